The molecule has 0 aliphatic rings. The molecule has 0 fully saturated rings. The van der Waals surface area contributed by atoms with Crippen molar-refractivity contribution in [3.63, 3.8) is 0 Å². The van der Waals surface area contributed by atoms with Gasteiger partial charge in [0.15, 0.2) is 11.0 Å². The van der Waals surface area contributed by atoms with Gasteiger partial charge in [-0.25, -0.2) is 0 Å². The Bertz CT molecular complexity index is 1060. The number of nitrogens with one attached hydrogen (secondary N) is 1. The van der Waals surface area contributed by atoms with Gasteiger partial charge in [0.05, 0.1) is 24.9 Å². The Morgan fingerprint density at radius 1 is 1.13 bits per heavy atom. The normalized spacial score (nSPS) is 10.5. The maximum Gasteiger partial charge on any atom is 0.269 e. The van der Waals surface area contributed by atoms with E-state index in [0.29, 0.717) is 34.7 Å². The summed E-state index contributed by atoms with van der Waals surface area (Å²) < 4.78 is 12.5. The Morgan fingerprint density at radius 3 is 2.32 bits per heavy atom. The number of hydrogen-bond donors (Lipinski definition) is 1. The highest BCUT2D eigenvalue weighted by Crippen LogP contribution is 2.31. The zero-order valence-electron chi connectivity index (χ0n) is 17.2. The Morgan fingerprint density at radius 2 is 1.77 bits per heavy atom. The van der Waals surface area contributed by atoms with Gasteiger partial charge in [-0.3, -0.25) is 14.9 Å². The van der Waals surface area contributed by atoms with Gasteiger partial charge in [0, 0.05) is 36.0 Å². The third-order valence-electron chi connectivity index (χ3n) is 4.34. The molecule has 0 radical (unpaired) electrons. The first-order valence-corrected chi connectivity index (χ1v) is 10.3. The molecule has 1 N–H and O–H groups in total. The predicted molar refractivity (Wildman–Crippen MR) is 117 cm³/mol. The van der Waals surface area contributed by atoms with Gasteiger partial charge in [-0.2, -0.15) is 0 Å². The van der Waals surface area contributed by atoms with Crippen LogP contribution < -0.4 is 14.8 Å². The Hall–Kier alpha value is -3.60. The van der Waals surface area contributed by atoms with Gasteiger partial charge in [-0.05, 0) is 31.2 Å². The summed E-state index contributed by atoms with van der Waals surface area (Å²) >= 11 is 1.25. The zero-order valence-corrected chi connectivity index (χ0v) is 18.0. The van der Waals surface area contributed by atoms with Crippen LogP contribution in [0, 0.1) is 10.1 Å². The van der Waals surface area contributed by atoms with Crippen molar-refractivity contribution in [1.82, 2.24) is 14.8 Å². The summed E-state index contributed by atoms with van der Waals surface area (Å²) in [6.45, 7) is 2.57. The van der Waals surface area contributed by atoms with E-state index in [9.17, 15) is 14.9 Å². The van der Waals surface area contributed by atoms with Gasteiger partial charge in [-0.1, -0.05) is 11.8 Å². The molecule has 1 aromatic heterocycles. The number of carbonyl (C=O) groups is 1. The summed E-state index contributed by atoms with van der Waals surface area (Å²) in [6, 6.07) is 11.1. The number of nitro groups is 1. The molecule has 162 valence electrons. The standard InChI is InChI=1S/C20H21N5O5S/c1-4-24-19(13-9-16(29-2)11-17(10-13)30-3)22-23-20(24)31-12-18(26)21-14-5-7-15(8-6-14)25(27)28/h5-11H,4,12H2,1-3H3,(H,21,26). The highest BCUT2D eigenvalue weighted by molar-refractivity contribution is 7.99. The van der Waals surface area contributed by atoms with Gasteiger partial charge in [0.2, 0.25) is 5.91 Å². The fourth-order valence-electron chi connectivity index (χ4n) is 2.82. The molecule has 3 aromatic rings. The molecule has 11 heteroatoms. The fourth-order valence-corrected chi connectivity index (χ4v) is 3.63. The summed E-state index contributed by atoms with van der Waals surface area (Å²) in [5.41, 5.74) is 1.23. The number of anilines is 1. The number of aromatic nitrogens is 3. The van der Waals surface area contributed by atoms with Crippen molar-refractivity contribution in [3.05, 3.63) is 52.6 Å². The third-order valence-corrected chi connectivity index (χ3v) is 5.30. The Balaban J connectivity index is 1.71. The summed E-state index contributed by atoms with van der Waals surface area (Å²) in [5, 5.41) is 22.5. The molecule has 3 rings (SSSR count). The van der Waals surface area contributed by atoms with Crippen molar-refractivity contribution in [3.8, 4) is 22.9 Å². The second kappa shape index (κ2) is 9.94. The second-order valence-corrected chi connectivity index (χ2v) is 7.24. The molecule has 1 heterocycles. The van der Waals surface area contributed by atoms with E-state index in [1.54, 1.807) is 20.3 Å². The van der Waals surface area contributed by atoms with Crippen LogP contribution in [0.4, 0.5) is 11.4 Å². The van der Waals surface area contributed by atoms with Crippen molar-refractivity contribution in [1.29, 1.82) is 0 Å². The summed E-state index contributed by atoms with van der Waals surface area (Å²) in [7, 11) is 3.15. The number of hydrogen-bond acceptors (Lipinski definition) is 8. The van der Waals surface area contributed by atoms with E-state index >= 15 is 0 Å². The van der Waals surface area contributed by atoms with E-state index in [2.05, 4.69) is 15.5 Å². The smallest absolute Gasteiger partial charge is 0.269 e. The molecule has 0 spiro atoms. The quantitative estimate of drug-likeness (QED) is 0.302. The average molecular weight is 443 g/mol. The van der Waals surface area contributed by atoms with Crippen molar-refractivity contribution < 1.29 is 19.2 Å². The van der Waals surface area contributed by atoms with E-state index in [1.807, 2.05) is 23.6 Å². The van der Waals surface area contributed by atoms with Crippen LogP contribution in [-0.4, -0.2) is 45.6 Å². The van der Waals surface area contributed by atoms with Crippen molar-refractivity contribution in [2.75, 3.05) is 25.3 Å². The van der Waals surface area contributed by atoms with E-state index < -0.39 is 4.92 Å². The first kappa shape index (κ1) is 22.1. The zero-order chi connectivity index (χ0) is 22.4. The molecule has 0 atom stereocenters. The Labute approximate surface area is 182 Å². The van der Waals surface area contributed by atoms with Crippen LogP contribution in [0.25, 0.3) is 11.4 Å². The van der Waals surface area contributed by atoms with E-state index in [-0.39, 0.29) is 17.3 Å². The van der Waals surface area contributed by atoms with Gasteiger partial charge in [0.1, 0.15) is 11.5 Å². The lowest BCUT2D eigenvalue weighted by atomic mass is 10.2. The number of ether oxygens (including phenoxy) is 2. The molecule has 2 aromatic carbocycles. The highest BCUT2D eigenvalue weighted by Gasteiger charge is 2.16. The molecule has 31 heavy (non-hydrogen) atoms. The summed E-state index contributed by atoms with van der Waals surface area (Å²) in [5.74, 6) is 1.76. The molecule has 0 saturated heterocycles. The first-order valence-electron chi connectivity index (χ1n) is 9.29. The van der Waals surface area contributed by atoms with Crippen molar-refractivity contribution in [2.24, 2.45) is 0 Å². The molecule has 0 bridgehead atoms. The largest absolute Gasteiger partial charge is 0.497 e. The van der Waals surface area contributed by atoms with Crippen LogP contribution in [0.1, 0.15) is 6.92 Å². The molecular formula is C20H21N5O5S. The molecule has 0 aliphatic carbocycles. The maximum atomic E-state index is 12.3. The van der Waals surface area contributed by atoms with Gasteiger partial charge < -0.3 is 19.4 Å². The number of benzene rings is 2. The number of amides is 1. The van der Waals surface area contributed by atoms with E-state index in [1.165, 1.54) is 36.0 Å². The first-order chi connectivity index (χ1) is 14.9. The molecule has 0 saturated carbocycles. The lowest BCUT2D eigenvalue weighted by Crippen LogP contribution is -2.14. The van der Waals surface area contributed by atoms with Gasteiger partial charge >= 0.3 is 0 Å². The summed E-state index contributed by atoms with van der Waals surface area (Å²) in [6.07, 6.45) is 0. The molecule has 0 aliphatic heterocycles. The molecular weight excluding hydrogens is 422 g/mol. The SMILES string of the molecule is CCn1c(SCC(=O)Nc2ccc([N+](=O)[O-])cc2)nnc1-c1cc(OC)cc(OC)c1. The van der Waals surface area contributed by atoms with Crippen LogP contribution >= 0.6 is 11.8 Å². The van der Waals surface area contributed by atoms with Crippen LogP contribution in [0.3, 0.4) is 0 Å². The van der Waals surface area contributed by atoms with Crippen molar-refractivity contribution >= 4 is 29.0 Å². The number of nitrogens with zero attached hydrogens (tertiary/aromatic N) is 4. The van der Waals surface area contributed by atoms with E-state index in [4.69, 9.17) is 9.47 Å². The third kappa shape index (κ3) is 5.31. The van der Waals surface area contributed by atoms with Crippen LogP contribution in [0.2, 0.25) is 0 Å². The van der Waals surface area contributed by atoms with Crippen LogP contribution in [-0.2, 0) is 11.3 Å². The van der Waals surface area contributed by atoms with Crippen molar-refractivity contribution in [2.45, 2.75) is 18.6 Å². The number of rotatable bonds is 9. The number of non-ortho nitro benzene ring substituents is 1. The Kier molecular flexibility index (Phi) is 7.08. The average Bonchev–Trinajstić information content (AvgIpc) is 3.20. The topological polar surface area (TPSA) is 121 Å². The molecule has 1 amide bonds. The second-order valence-electron chi connectivity index (χ2n) is 6.29. The lowest BCUT2D eigenvalue weighted by Gasteiger charge is -2.10. The van der Waals surface area contributed by atoms with Crippen LogP contribution in [0.15, 0.2) is 47.6 Å². The van der Waals surface area contributed by atoms with Gasteiger partial charge in [0.25, 0.3) is 5.69 Å². The highest BCUT2D eigenvalue weighted by atomic mass is 32.2. The molecule has 0 unspecified atom stereocenters. The minimum absolute atomic E-state index is 0.0369. The van der Waals surface area contributed by atoms with E-state index in [0.717, 1.165) is 5.56 Å². The number of thioether (sulfide) groups is 1. The maximum absolute atomic E-state index is 12.3. The minimum atomic E-state index is -0.492. The predicted octanol–water partition coefficient (Wildman–Crippen LogP) is 3.62. The minimum Gasteiger partial charge on any atom is -0.497 e. The number of carbonyl (C=O) groups excluding carboxylic acids is 1. The summed E-state index contributed by atoms with van der Waals surface area (Å²) in [4.78, 5) is 22.5. The lowest BCUT2D eigenvalue weighted by molar-refractivity contribution is -0.384. The monoisotopic (exact) mass is 443 g/mol. The fraction of sp³-hybridized carbons (Fsp3) is 0.250. The number of nitro benzene ring substituents is 1. The number of methoxy groups -OCH3 is 2. The van der Waals surface area contributed by atoms with Crippen LogP contribution in [0.5, 0.6) is 11.5 Å². The van der Waals surface area contributed by atoms with Gasteiger partial charge in [-0.15, -0.1) is 10.2 Å². The molecule has 10 nitrogen and oxygen atoms in total.